The highest BCUT2D eigenvalue weighted by atomic mass is 79.9. The Hall–Kier alpha value is -1.35. The molecule has 0 unspecified atom stereocenters. The lowest BCUT2D eigenvalue weighted by molar-refractivity contribution is 0.0605. The molecule has 5 nitrogen and oxygen atoms in total. The van der Waals surface area contributed by atoms with Crippen LogP contribution in [-0.2, 0) is 10.0 Å². The molecule has 2 aliphatic heterocycles. The number of amides is 1. The van der Waals surface area contributed by atoms with E-state index in [4.69, 9.17) is 0 Å². The van der Waals surface area contributed by atoms with E-state index in [9.17, 15) is 13.2 Å². The summed E-state index contributed by atoms with van der Waals surface area (Å²) in [5.74, 6) is 0.924. The highest BCUT2D eigenvalue weighted by Gasteiger charge is 2.48. The Morgan fingerprint density at radius 2 is 1.61 bits per heavy atom. The van der Waals surface area contributed by atoms with Crippen molar-refractivity contribution < 1.29 is 13.2 Å². The van der Waals surface area contributed by atoms with Gasteiger partial charge in [-0.2, -0.15) is 4.31 Å². The standard InChI is InChI=1S/C20H21BrN2O3S2/c21-17-6-8-18(9-7-17)28(25,26)22-12-10-20(11-13-22)23(14-15-27-20)19(24)16-4-2-1-3-5-16/h1-9H,10-15H2. The molecule has 0 bridgehead atoms. The zero-order valence-corrected chi connectivity index (χ0v) is 18.5. The molecule has 2 heterocycles. The number of hydrogen-bond donors (Lipinski definition) is 0. The molecule has 4 rings (SSSR count). The smallest absolute Gasteiger partial charge is 0.254 e. The fraction of sp³-hybridized carbons (Fsp3) is 0.350. The minimum atomic E-state index is -3.52. The van der Waals surface area contributed by atoms with Gasteiger partial charge < -0.3 is 4.90 Å². The number of sulfonamides is 1. The van der Waals surface area contributed by atoms with Gasteiger partial charge in [0.05, 0.1) is 9.77 Å². The molecule has 1 amide bonds. The minimum absolute atomic E-state index is 0.0369. The van der Waals surface area contributed by atoms with Crippen molar-refractivity contribution in [3.8, 4) is 0 Å². The van der Waals surface area contributed by atoms with Gasteiger partial charge in [0.15, 0.2) is 0 Å². The first-order chi connectivity index (χ1) is 13.4. The van der Waals surface area contributed by atoms with Gasteiger partial charge in [-0.15, -0.1) is 11.8 Å². The maximum atomic E-state index is 13.0. The molecular formula is C20H21BrN2O3S2. The van der Waals surface area contributed by atoms with Gasteiger partial charge in [-0.05, 0) is 49.2 Å². The number of nitrogens with zero attached hydrogens (tertiary/aromatic N) is 2. The van der Waals surface area contributed by atoms with E-state index in [-0.39, 0.29) is 10.8 Å². The first-order valence-electron chi connectivity index (χ1n) is 9.19. The molecule has 2 aliphatic rings. The first-order valence-corrected chi connectivity index (χ1v) is 12.4. The lowest BCUT2D eigenvalue weighted by atomic mass is 10.0. The number of benzene rings is 2. The number of piperidine rings is 1. The number of carbonyl (C=O) groups is 1. The molecular weight excluding hydrogens is 460 g/mol. The summed E-state index contributed by atoms with van der Waals surface area (Å²) in [5.41, 5.74) is 0.689. The molecule has 0 aliphatic carbocycles. The monoisotopic (exact) mass is 480 g/mol. The third-order valence-electron chi connectivity index (χ3n) is 5.40. The lowest BCUT2D eigenvalue weighted by Gasteiger charge is -2.43. The average Bonchev–Trinajstić information content (AvgIpc) is 3.11. The van der Waals surface area contributed by atoms with Crippen LogP contribution in [0.5, 0.6) is 0 Å². The second kappa shape index (κ2) is 7.82. The van der Waals surface area contributed by atoms with Crippen LogP contribution in [0.25, 0.3) is 0 Å². The molecule has 28 heavy (non-hydrogen) atoms. The van der Waals surface area contributed by atoms with Gasteiger partial charge in [0.2, 0.25) is 10.0 Å². The lowest BCUT2D eigenvalue weighted by Crippen LogP contribution is -2.53. The van der Waals surface area contributed by atoms with Crippen LogP contribution in [0, 0.1) is 0 Å². The van der Waals surface area contributed by atoms with Crippen molar-refractivity contribution in [1.29, 1.82) is 0 Å². The number of hydrogen-bond acceptors (Lipinski definition) is 4. The van der Waals surface area contributed by atoms with Gasteiger partial charge in [0.25, 0.3) is 5.91 Å². The van der Waals surface area contributed by atoms with Crippen LogP contribution < -0.4 is 0 Å². The third kappa shape index (κ3) is 3.63. The van der Waals surface area contributed by atoms with Crippen molar-refractivity contribution >= 4 is 43.6 Å². The molecule has 148 valence electrons. The molecule has 2 fully saturated rings. The van der Waals surface area contributed by atoms with Crippen LogP contribution in [0.1, 0.15) is 23.2 Å². The predicted molar refractivity (Wildman–Crippen MR) is 115 cm³/mol. The fourth-order valence-electron chi connectivity index (χ4n) is 3.88. The summed E-state index contributed by atoms with van der Waals surface area (Å²) in [6.45, 7) is 1.55. The van der Waals surface area contributed by atoms with E-state index < -0.39 is 10.0 Å². The molecule has 0 aromatic heterocycles. The Morgan fingerprint density at radius 3 is 2.25 bits per heavy atom. The summed E-state index contributed by atoms with van der Waals surface area (Å²) in [5, 5.41) is 0. The van der Waals surface area contributed by atoms with Gasteiger partial charge in [-0.25, -0.2) is 8.42 Å². The topological polar surface area (TPSA) is 57.7 Å². The second-order valence-electron chi connectivity index (χ2n) is 6.98. The van der Waals surface area contributed by atoms with Gasteiger partial charge in [-0.3, -0.25) is 4.79 Å². The molecule has 0 N–H and O–H groups in total. The molecule has 2 saturated heterocycles. The number of carbonyl (C=O) groups excluding carboxylic acids is 1. The van der Waals surface area contributed by atoms with E-state index in [0.29, 0.717) is 42.9 Å². The van der Waals surface area contributed by atoms with E-state index in [1.54, 1.807) is 40.3 Å². The second-order valence-corrected chi connectivity index (χ2v) is 11.3. The van der Waals surface area contributed by atoms with Crippen molar-refractivity contribution in [1.82, 2.24) is 9.21 Å². The zero-order chi connectivity index (χ0) is 19.8. The summed E-state index contributed by atoms with van der Waals surface area (Å²) in [4.78, 5) is 15.0. The van der Waals surface area contributed by atoms with E-state index in [2.05, 4.69) is 15.9 Å². The van der Waals surface area contributed by atoms with Crippen LogP contribution in [0.2, 0.25) is 0 Å². The quantitative estimate of drug-likeness (QED) is 0.669. The highest BCUT2D eigenvalue weighted by molar-refractivity contribution is 9.10. The molecule has 1 spiro atoms. The number of thioether (sulfide) groups is 1. The van der Waals surface area contributed by atoms with Gasteiger partial charge in [0.1, 0.15) is 0 Å². The zero-order valence-electron chi connectivity index (χ0n) is 15.3. The van der Waals surface area contributed by atoms with Crippen molar-refractivity contribution in [2.75, 3.05) is 25.4 Å². The van der Waals surface area contributed by atoms with Crippen molar-refractivity contribution in [3.63, 3.8) is 0 Å². The SMILES string of the molecule is O=C(c1ccccc1)N1CCSC12CCN(S(=O)(=O)c1ccc(Br)cc1)CC2. The average molecular weight is 481 g/mol. The van der Waals surface area contributed by atoms with Crippen molar-refractivity contribution in [2.45, 2.75) is 22.6 Å². The molecule has 0 radical (unpaired) electrons. The third-order valence-corrected chi connectivity index (χ3v) is 9.39. The normalized spacial score (nSPS) is 19.8. The van der Waals surface area contributed by atoms with Crippen LogP contribution in [0.4, 0.5) is 0 Å². The summed E-state index contributed by atoms with van der Waals surface area (Å²) < 4.78 is 28.3. The van der Waals surface area contributed by atoms with Gasteiger partial charge in [-0.1, -0.05) is 34.1 Å². The Kier molecular flexibility index (Phi) is 5.57. The van der Waals surface area contributed by atoms with E-state index in [0.717, 1.165) is 10.2 Å². The first kappa shape index (κ1) is 19.9. The summed E-state index contributed by atoms with van der Waals surface area (Å²) in [6.07, 6.45) is 1.29. The maximum Gasteiger partial charge on any atom is 0.254 e. The van der Waals surface area contributed by atoms with E-state index in [1.807, 2.05) is 35.2 Å². The van der Waals surface area contributed by atoms with Gasteiger partial charge in [0, 0.05) is 35.4 Å². The van der Waals surface area contributed by atoms with Crippen molar-refractivity contribution in [3.05, 3.63) is 64.6 Å². The summed E-state index contributed by atoms with van der Waals surface area (Å²) >= 11 is 5.12. The predicted octanol–water partition coefficient (Wildman–Crippen LogP) is 3.82. The Bertz CT molecular complexity index is 957. The van der Waals surface area contributed by atoms with Crippen LogP contribution >= 0.6 is 27.7 Å². The van der Waals surface area contributed by atoms with Gasteiger partial charge >= 0.3 is 0 Å². The Morgan fingerprint density at radius 1 is 0.964 bits per heavy atom. The molecule has 8 heteroatoms. The summed E-state index contributed by atoms with van der Waals surface area (Å²) in [7, 11) is -3.52. The highest BCUT2D eigenvalue weighted by Crippen LogP contribution is 2.45. The van der Waals surface area contributed by atoms with E-state index in [1.165, 1.54) is 0 Å². The van der Waals surface area contributed by atoms with Crippen LogP contribution in [0.15, 0.2) is 64.0 Å². The number of halogens is 1. The largest absolute Gasteiger partial charge is 0.323 e. The summed E-state index contributed by atoms with van der Waals surface area (Å²) in [6, 6.07) is 16.1. The van der Waals surface area contributed by atoms with Crippen LogP contribution in [-0.4, -0.2) is 53.8 Å². The number of rotatable bonds is 3. The maximum absolute atomic E-state index is 13.0. The molecule has 0 atom stereocenters. The fourth-order valence-corrected chi connectivity index (χ4v) is 7.04. The Labute approximate surface area is 178 Å². The van der Waals surface area contributed by atoms with E-state index >= 15 is 0 Å². The molecule has 2 aromatic rings. The van der Waals surface area contributed by atoms with Crippen molar-refractivity contribution in [2.24, 2.45) is 0 Å². The minimum Gasteiger partial charge on any atom is -0.323 e. The van der Waals surface area contributed by atoms with Crippen LogP contribution in [0.3, 0.4) is 0 Å². The molecule has 2 aromatic carbocycles. The molecule has 0 saturated carbocycles. The Balaban J connectivity index is 1.51.